The summed E-state index contributed by atoms with van der Waals surface area (Å²) in [7, 11) is 0. The van der Waals surface area contributed by atoms with E-state index in [0.29, 0.717) is 16.9 Å². The Morgan fingerprint density at radius 1 is 0.811 bits per heavy atom. The van der Waals surface area contributed by atoms with Crippen molar-refractivity contribution in [3.8, 4) is 0 Å². The molecule has 0 heterocycles. The van der Waals surface area contributed by atoms with Gasteiger partial charge in [-0.05, 0) is 54.1 Å². The number of hydrogen-bond donors (Lipinski definition) is 3. The number of benzene rings is 3. The third-order valence-corrected chi connectivity index (χ3v) is 7.26. The van der Waals surface area contributed by atoms with E-state index in [4.69, 9.17) is 46.4 Å². The average Bonchev–Trinajstić information content (AvgIpc) is 3.40. The monoisotopic (exact) mass is 585 g/mol. The molecule has 0 saturated heterocycles. The lowest BCUT2D eigenvalue weighted by Gasteiger charge is -2.12. The van der Waals surface area contributed by atoms with E-state index in [9.17, 15) is 23.2 Å². The minimum atomic E-state index is -1.50. The molecule has 3 amide bonds. The number of carbonyl (C=O) groups excluding carboxylic acids is 3. The van der Waals surface area contributed by atoms with Crippen molar-refractivity contribution in [3.05, 3.63) is 87.4 Å². The van der Waals surface area contributed by atoms with Crippen molar-refractivity contribution < 1.29 is 23.2 Å². The van der Waals surface area contributed by atoms with Gasteiger partial charge in [-0.25, -0.2) is 8.78 Å². The molecule has 1 aliphatic carbocycles. The zero-order valence-corrected chi connectivity index (χ0v) is 21.9. The number of anilines is 3. The molecule has 3 aromatic carbocycles. The number of hydrogen-bond acceptors (Lipinski definition) is 3. The van der Waals surface area contributed by atoms with E-state index >= 15 is 0 Å². The van der Waals surface area contributed by atoms with Gasteiger partial charge in [0, 0.05) is 29.9 Å². The molecule has 0 bridgehead atoms. The van der Waals surface area contributed by atoms with Crippen LogP contribution in [0.1, 0.15) is 28.8 Å². The van der Waals surface area contributed by atoms with Gasteiger partial charge in [0.25, 0.3) is 5.91 Å². The van der Waals surface area contributed by atoms with Gasteiger partial charge in [0.1, 0.15) is 16.0 Å². The summed E-state index contributed by atoms with van der Waals surface area (Å²) in [6.45, 7) is 1.36. The summed E-state index contributed by atoms with van der Waals surface area (Å²) in [5, 5.41) is 7.08. The normalized spacial score (nSPS) is 17.6. The van der Waals surface area contributed by atoms with Crippen LogP contribution in [0.25, 0.3) is 0 Å². The van der Waals surface area contributed by atoms with Gasteiger partial charge in [-0.2, -0.15) is 0 Å². The number of halogens is 6. The molecule has 1 aliphatic rings. The average molecular weight is 587 g/mol. The molecule has 1 saturated carbocycles. The van der Waals surface area contributed by atoms with Crippen LogP contribution in [-0.2, 0) is 9.59 Å². The smallest absolute Gasteiger partial charge is 0.257 e. The Morgan fingerprint density at radius 3 is 2.03 bits per heavy atom. The van der Waals surface area contributed by atoms with E-state index in [1.54, 1.807) is 12.1 Å². The molecule has 2 atom stereocenters. The van der Waals surface area contributed by atoms with Gasteiger partial charge >= 0.3 is 0 Å². The lowest BCUT2D eigenvalue weighted by Crippen LogP contribution is -2.19. The van der Waals surface area contributed by atoms with Gasteiger partial charge in [-0.15, -0.1) is 23.2 Å². The summed E-state index contributed by atoms with van der Waals surface area (Å²) in [5.74, 6) is -4.83. The second-order valence-corrected chi connectivity index (χ2v) is 10.6. The molecule has 12 heteroatoms. The first-order valence-corrected chi connectivity index (χ1v) is 12.2. The van der Waals surface area contributed by atoms with Crippen molar-refractivity contribution in [3.63, 3.8) is 0 Å². The van der Waals surface area contributed by atoms with Crippen LogP contribution in [-0.4, -0.2) is 22.1 Å². The quantitative estimate of drug-likeness (QED) is 0.272. The van der Waals surface area contributed by atoms with Crippen molar-refractivity contribution in [1.82, 2.24) is 0 Å². The second kappa shape index (κ2) is 10.5. The van der Waals surface area contributed by atoms with Crippen LogP contribution >= 0.6 is 46.4 Å². The molecule has 0 spiro atoms. The summed E-state index contributed by atoms with van der Waals surface area (Å²) in [6.07, 6.45) is 0. The van der Waals surface area contributed by atoms with E-state index < -0.39 is 44.6 Å². The summed E-state index contributed by atoms with van der Waals surface area (Å²) in [5.41, 5.74) is 1.06. The van der Waals surface area contributed by atoms with Gasteiger partial charge < -0.3 is 16.0 Å². The highest BCUT2D eigenvalue weighted by Gasteiger charge is 2.67. The maximum Gasteiger partial charge on any atom is 0.257 e. The van der Waals surface area contributed by atoms with Gasteiger partial charge in [-0.1, -0.05) is 29.3 Å². The Hall–Kier alpha value is -2.91. The zero-order chi connectivity index (χ0) is 27.1. The van der Waals surface area contributed by atoms with E-state index in [2.05, 4.69) is 16.0 Å². The molecule has 4 rings (SSSR count). The summed E-state index contributed by atoms with van der Waals surface area (Å²) < 4.78 is 26.6. The molecule has 192 valence electrons. The van der Waals surface area contributed by atoms with E-state index in [0.717, 1.165) is 12.1 Å². The number of rotatable bonds is 6. The lowest BCUT2D eigenvalue weighted by atomic mass is 10.1. The number of amides is 3. The molecule has 3 aromatic rings. The first-order chi connectivity index (χ1) is 17.4. The predicted octanol–water partition coefficient (Wildman–Crippen LogP) is 7.01. The van der Waals surface area contributed by atoms with Crippen molar-refractivity contribution in [1.29, 1.82) is 0 Å². The molecule has 0 unspecified atom stereocenters. The standard InChI is InChI=1S/C25H17Cl4F2N3O3/c1-11(35)32-13-3-5-14(6-4-13)33-23(36)16-9-15(10-19(31)22(16)27)34-24(37)21-20(25(21,28)29)12-2-7-18(30)17(26)8-12/h2-10,20-21H,1H3,(H,32,35)(H,33,36)(H,34,37)/t20-,21+/m0/s1. The molecule has 6 nitrogen and oxygen atoms in total. The van der Waals surface area contributed by atoms with Crippen LogP contribution < -0.4 is 16.0 Å². The summed E-state index contributed by atoms with van der Waals surface area (Å²) >= 11 is 24.5. The molecule has 0 radical (unpaired) electrons. The second-order valence-electron chi connectivity index (χ2n) is 8.32. The first kappa shape index (κ1) is 27.1. The van der Waals surface area contributed by atoms with E-state index in [-0.39, 0.29) is 22.2 Å². The fourth-order valence-corrected chi connectivity index (χ4v) is 5.07. The van der Waals surface area contributed by atoms with Crippen molar-refractivity contribution in [2.24, 2.45) is 5.92 Å². The summed E-state index contributed by atoms with van der Waals surface area (Å²) in [6, 6.07) is 12.3. The fourth-order valence-electron chi connectivity index (χ4n) is 3.86. The minimum absolute atomic E-state index is 0.0509. The highest BCUT2D eigenvalue weighted by Crippen LogP contribution is 2.65. The highest BCUT2D eigenvalue weighted by atomic mass is 35.5. The van der Waals surface area contributed by atoms with E-state index in [1.165, 1.54) is 37.3 Å². The van der Waals surface area contributed by atoms with Crippen LogP contribution in [0.4, 0.5) is 25.8 Å². The lowest BCUT2D eigenvalue weighted by molar-refractivity contribution is -0.117. The Kier molecular flexibility index (Phi) is 7.67. The molecule has 37 heavy (non-hydrogen) atoms. The Bertz CT molecular complexity index is 1420. The third-order valence-electron chi connectivity index (χ3n) is 5.64. The molecular formula is C25H17Cl4F2N3O3. The van der Waals surface area contributed by atoms with Crippen LogP contribution in [0.15, 0.2) is 54.6 Å². The molecule has 0 aromatic heterocycles. The fraction of sp³-hybridized carbons (Fsp3) is 0.160. The molecule has 3 N–H and O–H groups in total. The van der Waals surface area contributed by atoms with Crippen LogP contribution in [0.3, 0.4) is 0 Å². The highest BCUT2D eigenvalue weighted by molar-refractivity contribution is 6.53. The SMILES string of the molecule is CC(=O)Nc1ccc(NC(=O)c2cc(NC(=O)[C@H]3[C@H](c4ccc(F)c(Cl)c4)C3(Cl)Cl)cc(F)c2Cl)cc1. The van der Waals surface area contributed by atoms with Crippen molar-refractivity contribution in [2.45, 2.75) is 17.2 Å². The van der Waals surface area contributed by atoms with Crippen LogP contribution in [0, 0.1) is 17.6 Å². The summed E-state index contributed by atoms with van der Waals surface area (Å²) in [4.78, 5) is 36.9. The predicted molar refractivity (Wildman–Crippen MR) is 141 cm³/mol. The maximum atomic E-state index is 14.6. The maximum absolute atomic E-state index is 14.6. The van der Waals surface area contributed by atoms with Gasteiger partial charge in [0.15, 0.2) is 0 Å². The largest absolute Gasteiger partial charge is 0.326 e. The zero-order valence-electron chi connectivity index (χ0n) is 18.8. The number of nitrogens with one attached hydrogen (secondary N) is 3. The molecule has 0 aliphatic heterocycles. The van der Waals surface area contributed by atoms with Gasteiger partial charge in [-0.3, -0.25) is 14.4 Å². The van der Waals surface area contributed by atoms with Gasteiger partial charge in [0.05, 0.1) is 21.5 Å². The van der Waals surface area contributed by atoms with Crippen LogP contribution in [0.5, 0.6) is 0 Å². The number of alkyl halides is 2. The first-order valence-electron chi connectivity index (χ1n) is 10.7. The Balaban J connectivity index is 1.50. The van der Waals surface area contributed by atoms with E-state index in [1.807, 2.05) is 0 Å². The van der Waals surface area contributed by atoms with Crippen LogP contribution in [0.2, 0.25) is 10.0 Å². The van der Waals surface area contributed by atoms with Crippen molar-refractivity contribution in [2.75, 3.05) is 16.0 Å². The minimum Gasteiger partial charge on any atom is -0.326 e. The molecule has 1 fully saturated rings. The topological polar surface area (TPSA) is 87.3 Å². The van der Waals surface area contributed by atoms with Crippen molar-refractivity contribution >= 4 is 81.2 Å². The third kappa shape index (κ3) is 5.83. The van der Waals surface area contributed by atoms with Gasteiger partial charge in [0.2, 0.25) is 11.8 Å². The Labute approximate surface area is 230 Å². The number of carbonyl (C=O) groups is 3. The molecular weight excluding hydrogens is 570 g/mol. The Morgan fingerprint density at radius 2 is 1.43 bits per heavy atom.